The summed E-state index contributed by atoms with van der Waals surface area (Å²) < 4.78 is 13.9. The van der Waals surface area contributed by atoms with Crippen LogP contribution in [0.5, 0.6) is 0 Å². The number of halogens is 1. The van der Waals surface area contributed by atoms with E-state index in [1.807, 2.05) is 11.0 Å². The molecule has 0 spiro atoms. The van der Waals surface area contributed by atoms with Crippen LogP contribution in [0.2, 0.25) is 0 Å². The number of hydrogen-bond donors (Lipinski definition) is 0. The van der Waals surface area contributed by atoms with Crippen LogP contribution in [-0.2, 0) is 10.2 Å². The van der Waals surface area contributed by atoms with Gasteiger partial charge in [-0.3, -0.25) is 4.79 Å². The first kappa shape index (κ1) is 14.0. The van der Waals surface area contributed by atoms with E-state index in [1.165, 1.54) is 6.07 Å². The molecule has 0 aliphatic heterocycles. The van der Waals surface area contributed by atoms with Crippen molar-refractivity contribution in [2.24, 2.45) is 0 Å². The van der Waals surface area contributed by atoms with Crippen molar-refractivity contribution in [3.8, 4) is 0 Å². The summed E-state index contributed by atoms with van der Waals surface area (Å²) in [6.45, 7) is 5.67. The number of nitrogens with zero attached hydrogens (tertiary/aromatic N) is 1. The number of carbonyl (C=O) groups is 1. The Hall–Kier alpha value is -1.38. The van der Waals surface area contributed by atoms with Gasteiger partial charge in [0.05, 0.1) is 5.41 Å². The molecule has 2 nitrogen and oxygen atoms in total. The van der Waals surface area contributed by atoms with Crippen LogP contribution in [0.25, 0.3) is 0 Å². The Morgan fingerprint density at radius 2 is 1.79 bits per heavy atom. The Bertz CT molecular complexity index is 448. The smallest absolute Gasteiger partial charge is 0.233 e. The third-order valence-electron chi connectivity index (χ3n) is 3.82. The van der Waals surface area contributed by atoms with E-state index in [2.05, 4.69) is 13.8 Å². The maximum absolute atomic E-state index is 13.9. The molecule has 1 aliphatic rings. The molecule has 0 aromatic heterocycles. The lowest BCUT2D eigenvalue weighted by molar-refractivity contribution is -0.134. The molecule has 1 aromatic rings. The minimum absolute atomic E-state index is 0.112. The van der Waals surface area contributed by atoms with Gasteiger partial charge in [0.25, 0.3) is 0 Å². The summed E-state index contributed by atoms with van der Waals surface area (Å²) in [4.78, 5) is 14.6. The second-order valence-electron chi connectivity index (χ2n) is 5.35. The first-order valence-corrected chi connectivity index (χ1v) is 7.20. The molecule has 1 saturated carbocycles. The van der Waals surface area contributed by atoms with Gasteiger partial charge in [-0.05, 0) is 31.7 Å². The largest absolute Gasteiger partial charge is 0.342 e. The summed E-state index contributed by atoms with van der Waals surface area (Å²) >= 11 is 0. The van der Waals surface area contributed by atoms with Crippen molar-refractivity contribution in [3.05, 3.63) is 35.6 Å². The van der Waals surface area contributed by atoms with Gasteiger partial charge in [0.1, 0.15) is 5.82 Å². The second-order valence-corrected chi connectivity index (χ2v) is 5.35. The molecule has 104 valence electrons. The second kappa shape index (κ2) is 5.72. The van der Waals surface area contributed by atoms with E-state index in [4.69, 9.17) is 0 Å². The minimum Gasteiger partial charge on any atom is -0.342 e. The fourth-order valence-electron chi connectivity index (χ4n) is 2.73. The number of benzene rings is 1. The number of amides is 1. The lowest BCUT2D eigenvalue weighted by Gasteiger charge is -2.27. The van der Waals surface area contributed by atoms with E-state index < -0.39 is 5.41 Å². The Balaban J connectivity index is 2.24. The van der Waals surface area contributed by atoms with Gasteiger partial charge in [0.15, 0.2) is 0 Å². The molecule has 3 heteroatoms. The quantitative estimate of drug-likeness (QED) is 0.769. The van der Waals surface area contributed by atoms with E-state index in [0.29, 0.717) is 5.56 Å². The molecule has 0 heterocycles. The summed E-state index contributed by atoms with van der Waals surface area (Å²) in [6.07, 6.45) is 3.44. The zero-order valence-electron chi connectivity index (χ0n) is 11.8. The topological polar surface area (TPSA) is 20.3 Å². The Labute approximate surface area is 114 Å². The normalized spacial score (nSPS) is 16.2. The van der Waals surface area contributed by atoms with Gasteiger partial charge in [0.2, 0.25) is 5.91 Å². The monoisotopic (exact) mass is 263 g/mol. The molecule has 0 N–H and O–H groups in total. The Morgan fingerprint density at radius 1 is 1.21 bits per heavy atom. The van der Waals surface area contributed by atoms with Crippen molar-refractivity contribution in [3.63, 3.8) is 0 Å². The van der Waals surface area contributed by atoms with Gasteiger partial charge in [-0.25, -0.2) is 4.39 Å². The number of rotatable bonds is 6. The van der Waals surface area contributed by atoms with Crippen molar-refractivity contribution >= 4 is 5.91 Å². The van der Waals surface area contributed by atoms with Crippen LogP contribution in [0.4, 0.5) is 4.39 Å². The fraction of sp³-hybridized carbons (Fsp3) is 0.562. The highest BCUT2D eigenvalue weighted by Gasteiger charge is 2.54. The molecule has 19 heavy (non-hydrogen) atoms. The highest BCUT2D eigenvalue weighted by atomic mass is 19.1. The van der Waals surface area contributed by atoms with E-state index in [1.54, 1.807) is 12.1 Å². The van der Waals surface area contributed by atoms with E-state index in [0.717, 1.165) is 38.8 Å². The molecule has 0 bridgehead atoms. The first-order chi connectivity index (χ1) is 9.15. The van der Waals surface area contributed by atoms with Crippen LogP contribution in [0.3, 0.4) is 0 Å². The van der Waals surface area contributed by atoms with Crippen LogP contribution in [0, 0.1) is 5.82 Å². The average molecular weight is 263 g/mol. The summed E-state index contributed by atoms with van der Waals surface area (Å²) in [5.74, 6) is -0.136. The molecule has 2 rings (SSSR count). The molecule has 1 aliphatic carbocycles. The highest BCUT2D eigenvalue weighted by molar-refractivity contribution is 5.91. The maximum Gasteiger partial charge on any atom is 0.233 e. The molecule has 1 aromatic carbocycles. The molecule has 1 amide bonds. The average Bonchev–Trinajstić information content (AvgIpc) is 3.20. The number of carbonyl (C=O) groups excluding carboxylic acids is 1. The fourth-order valence-corrected chi connectivity index (χ4v) is 2.73. The van der Waals surface area contributed by atoms with Gasteiger partial charge in [-0.1, -0.05) is 32.0 Å². The summed E-state index contributed by atoms with van der Waals surface area (Å²) in [7, 11) is 0. The summed E-state index contributed by atoms with van der Waals surface area (Å²) in [5.41, 5.74) is 0.00702. The third kappa shape index (κ3) is 2.65. The zero-order chi connectivity index (χ0) is 13.9. The number of hydrogen-bond acceptors (Lipinski definition) is 1. The van der Waals surface area contributed by atoms with Crippen molar-refractivity contribution in [2.45, 2.75) is 44.9 Å². The third-order valence-corrected chi connectivity index (χ3v) is 3.82. The molecule has 0 radical (unpaired) electrons. The molecule has 0 unspecified atom stereocenters. The van der Waals surface area contributed by atoms with E-state index in [9.17, 15) is 9.18 Å². The predicted molar refractivity (Wildman–Crippen MR) is 74.5 cm³/mol. The van der Waals surface area contributed by atoms with Crippen LogP contribution in [-0.4, -0.2) is 23.9 Å². The Morgan fingerprint density at radius 3 is 2.26 bits per heavy atom. The highest BCUT2D eigenvalue weighted by Crippen LogP contribution is 2.50. The van der Waals surface area contributed by atoms with Gasteiger partial charge in [-0.2, -0.15) is 0 Å². The van der Waals surface area contributed by atoms with Crippen LogP contribution < -0.4 is 0 Å². The van der Waals surface area contributed by atoms with Crippen LogP contribution >= 0.6 is 0 Å². The lowest BCUT2D eigenvalue weighted by Crippen LogP contribution is -2.40. The van der Waals surface area contributed by atoms with Crippen molar-refractivity contribution in [1.29, 1.82) is 0 Å². The van der Waals surface area contributed by atoms with Crippen LogP contribution in [0.15, 0.2) is 24.3 Å². The SMILES string of the molecule is CCCN(CCC)C(=O)C1(c2ccccc2F)CC1. The van der Waals surface area contributed by atoms with Crippen molar-refractivity contribution < 1.29 is 9.18 Å². The lowest BCUT2D eigenvalue weighted by atomic mass is 9.93. The van der Waals surface area contributed by atoms with E-state index >= 15 is 0 Å². The summed E-state index contributed by atoms with van der Waals surface area (Å²) in [5, 5.41) is 0. The van der Waals surface area contributed by atoms with Crippen molar-refractivity contribution in [2.75, 3.05) is 13.1 Å². The predicted octanol–water partition coefficient (Wildman–Crippen LogP) is 3.51. The standard InChI is InChI=1S/C16H22FNO/c1-3-11-18(12-4-2)15(19)16(9-10-16)13-7-5-6-8-14(13)17/h5-8H,3-4,9-12H2,1-2H3. The molecule has 1 fully saturated rings. The van der Waals surface area contributed by atoms with Gasteiger partial charge in [0, 0.05) is 18.7 Å². The van der Waals surface area contributed by atoms with Crippen LogP contribution in [0.1, 0.15) is 45.1 Å². The van der Waals surface area contributed by atoms with Gasteiger partial charge in [-0.15, -0.1) is 0 Å². The van der Waals surface area contributed by atoms with Gasteiger partial charge >= 0.3 is 0 Å². The summed E-state index contributed by atoms with van der Waals surface area (Å²) in [6, 6.07) is 6.70. The zero-order valence-corrected chi connectivity index (χ0v) is 11.8. The molecule has 0 atom stereocenters. The molecular formula is C16H22FNO. The minimum atomic E-state index is -0.574. The van der Waals surface area contributed by atoms with Crippen molar-refractivity contribution in [1.82, 2.24) is 4.90 Å². The Kier molecular flexibility index (Phi) is 4.23. The first-order valence-electron chi connectivity index (χ1n) is 7.20. The molecular weight excluding hydrogens is 241 g/mol. The maximum atomic E-state index is 13.9. The van der Waals surface area contributed by atoms with E-state index in [-0.39, 0.29) is 11.7 Å². The van der Waals surface area contributed by atoms with Gasteiger partial charge < -0.3 is 4.90 Å². The molecule has 0 saturated heterocycles.